The van der Waals surface area contributed by atoms with E-state index < -0.39 is 23.9 Å². The molecule has 5 nitrogen and oxygen atoms in total. The van der Waals surface area contributed by atoms with Crippen LogP contribution in [0.1, 0.15) is 44.7 Å². The summed E-state index contributed by atoms with van der Waals surface area (Å²) in [6.07, 6.45) is 2.77. The summed E-state index contributed by atoms with van der Waals surface area (Å²) in [5, 5.41) is 5.13. The summed E-state index contributed by atoms with van der Waals surface area (Å²) in [6, 6.07) is 4.72. The zero-order chi connectivity index (χ0) is 16.8. The smallest absolute Gasteiger partial charge is 0.338 e. The molecular formula is C17H21FN2O3. The molecule has 0 aliphatic carbocycles. The van der Waals surface area contributed by atoms with Gasteiger partial charge in [-0.2, -0.15) is 0 Å². The summed E-state index contributed by atoms with van der Waals surface area (Å²) in [6.45, 7) is 3.97. The summed E-state index contributed by atoms with van der Waals surface area (Å²) in [4.78, 5) is 24.1. The predicted molar refractivity (Wildman–Crippen MR) is 84.0 cm³/mol. The second kappa shape index (κ2) is 7.76. The van der Waals surface area contributed by atoms with Crippen LogP contribution in [0.3, 0.4) is 0 Å². The lowest BCUT2D eigenvalue weighted by Gasteiger charge is -2.28. The van der Waals surface area contributed by atoms with E-state index in [1.165, 1.54) is 6.07 Å². The number of halogens is 1. The Morgan fingerprint density at radius 1 is 1.30 bits per heavy atom. The van der Waals surface area contributed by atoms with Crippen molar-refractivity contribution in [2.24, 2.45) is 0 Å². The normalized spacial score (nSPS) is 17.5. The number of urea groups is 1. The molecule has 6 heteroatoms. The number of unbranched alkanes of at least 4 members (excludes halogenated alkanes) is 2. The predicted octanol–water partition coefficient (Wildman–Crippen LogP) is 3.19. The second-order valence-electron chi connectivity index (χ2n) is 5.43. The van der Waals surface area contributed by atoms with Gasteiger partial charge in [0.1, 0.15) is 5.82 Å². The molecule has 2 amide bonds. The van der Waals surface area contributed by atoms with Gasteiger partial charge in [-0.05, 0) is 19.4 Å². The van der Waals surface area contributed by atoms with Crippen molar-refractivity contribution in [3.63, 3.8) is 0 Å². The van der Waals surface area contributed by atoms with E-state index in [0.717, 1.165) is 19.3 Å². The zero-order valence-electron chi connectivity index (χ0n) is 13.3. The molecule has 0 fully saturated rings. The fraction of sp³-hybridized carbons (Fsp3) is 0.412. The lowest BCUT2D eigenvalue weighted by atomic mass is 9.95. The number of rotatable bonds is 6. The third-order valence-corrected chi connectivity index (χ3v) is 3.69. The Kier molecular flexibility index (Phi) is 5.73. The summed E-state index contributed by atoms with van der Waals surface area (Å²) < 4.78 is 19.3. The van der Waals surface area contributed by atoms with Gasteiger partial charge in [-0.25, -0.2) is 14.0 Å². The molecule has 0 radical (unpaired) electrons. The van der Waals surface area contributed by atoms with E-state index in [9.17, 15) is 14.0 Å². The van der Waals surface area contributed by atoms with Gasteiger partial charge >= 0.3 is 12.0 Å². The number of ether oxygens (including phenoxy) is 1. The highest BCUT2D eigenvalue weighted by Gasteiger charge is 2.33. The first-order valence-electron chi connectivity index (χ1n) is 7.74. The van der Waals surface area contributed by atoms with Crippen LogP contribution in [-0.2, 0) is 9.53 Å². The Hall–Kier alpha value is -2.37. The first kappa shape index (κ1) is 17.0. The Labute approximate surface area is 134 Å². The molecule has 1 heterocycles. The SMILES string of the molecule is CCCCCOC(=O)C1=C(C)NC(=O)N[C@@H]1c1ccccc1F. The number of esters is 1. The number of amides is 2. The zero-order valence-corrected chi connectivity index (χ0v) is 13.3. The molecule has 0 unspecified atom stereocenters. The van der Waals surface area contributed by atoms with Gasteiger partial charge in [0.25, 0.3) is 0 Å². The van der Waals surface area contributed by atoms with E-state index >= 15 is 0 Å². The van der Waals surface area contributed by atoms with Gasteiger partial charge in [0.05, 0.1) is 18.2 Å². The molecule has 23 heavy (non-hydrogen) atoms. The van der Waals surface area contributed by atoms with Crippen LogP contribution in [0.4, 0.5) is 9.18 Å². The van der Waals surface area contributed by atoms with Crippen molar-refractivity contribution >= 4 is 12.0 Å². The Morgan fingerprint density at radius 3 is 2.74 bits per heavy atom. The van der Waals surface area contributed by atoms with Crippen molar-refractivity contribution in [1.29, 1.82) is 0 Å². The third-order valence-electron chi connectivity index (χ3n) is 3.69. The molecule has 1 aliphatic rings. The number of benzene rings is 1. The van der Waals surface area contributed by atoms with Gasteiger partial charge in [0.15, 0.2) is 0 Å². The number of hydrogen-bond donors (Lipinski definition) is 2. The van der Waals surface area contributed by atoms with Crippen LogP contribution >= 0.6 is 0 Å². The van der Waals surface area contributed by atoms with Crippen LogP contribution < -0.4 is 10.6 Å². The molecule has 1 atom stereocenters. The minimum absolute atomic E-state index is 0.228. The minimum Gasteiger partial charge on any atom is -0.462 e. The van der Waals surface area contributed by atoms with Gasteiger partial charge < -0.3 is 15.4 Å². The average molecular weight is 320 g/mol. The van der Waals surface area contributed by atoms with Gasteiger partial charge in [-0.3, -0.25) is 0 Å². The van der Waals surface area contributed by atoms with Crippen molar-refractivity contribution < 1.29 is 18.7 Å². The van der Waals surface area contributed by atoms with Gasteiger partial charge in [-0.15, -0.1) is 0 Å². The number of allylic oxidation sites excluding steroid dienone is 1. The maximum absolute atomic E-state index is 14.1. The highest BCUT2D eigenvalue weighted by atomic mass is 19.1. The van der Waals surface area contributed by atoms with E-state index in [4.69, 9.17) is 4.74 Å². The van der Waals surface area contributed by atoms with Gasteiger partial charge in [-0.1, -0.05) is 38.0 Å². The first-order valence-corrected chi connectivity index (χ1v) is 7.74. The Balaban J connectivity index is 2.25. The molecule has 0 aromatic heterocycles. The Bertz CT molecular complexity index is 628. The Morgan fingerprint density at radius 2 is 2.04 bits per heavy atom. The molecular weight excluding hydrogens is 299 g/mol. The number of carbonyl (C=O) groups excluding carboxylic acids is 2. The molecule has 0 saturated heterocycles. The largest absolute Gasteiger partial charge is 0.462 e. The first-order chi connectivity index (χ1) is 11.0. The molecule has 1 aromatic carbocycles. The topological polar surface area (TPSA) is 67.4 Å². The second-order valence-corrected chi connectivity index (χ2v) is 5.43. The molecule has 0 spiro atoms. The summed E-state index contributed by atoms with van der Waals surface area (Å²) in [7, 11) is 0. The van der Waals surface area contributed by atoms with Crippen molar-refractivity contribution in [3.8, 4) is 0 Å². The third kappa shape index (κ3) is 4.09. The lowest BCUT2D eigenvalue weighted by molar-refractivity contribution is -0.139. The summed E-state index contributed by atoms with van der Waals surface area (Å²) in [5.41, 5.74) is 0.843. The van der Waals surface area contributed by atoms with Crippen LogP contribution in [0.15, 0.2) is 35.5 Å². The van der Waals surface area contributed by atoms with Crippen LogP contribution in [0.5, 0.6) is 0 Å². The van der Waals surface area contributed by atoms with Crippen molar-refractivity contribution in [1.82, 2.24) is 10.6 Å². The highest BCUT2D eigenvalue weighted by Crippen LogP contribution is 2.29. The summed E-state index contributed by atoms with van der Waals surface area (Å²) >= 11 is 0. The maximum atomic E-state index is 14.1. The average Bonchev–Trinajstić information content (AvgIpc) is 2.51. The van der Waals surface area contributed by atoms with E-state index in [1.54, 1.807) is 25.1 Å². The maximum Gasteiger partial charge on any atom is 0.338 e. The minimum atomic E-state index is -0.858. The fourth-order valence-electron chi connectivity index (χ4n) is 2.50. The molecule has 0 bridgehead atoms. The molecule has 1 aliphatic heterocycles. The van der Waals surface area contributed by atoms with Crippen LogP contribution in [0.25, 0.3) is 0 Å². The van der Waals surface area contributed by atoms with Crippen molar-refractivity contribution in [3.05, 3.63) is 46.9 Å². The van der Waals surface area contributed by atoms with Crippen LogP contribution in [0, 0.1) is 5.82 Å². The fourth-order valence-corrected chi connectivity index (χ4v) is 2.50. The van der Waals surface area contributed by atoms with Crippen molar-refractivity contribution in [2.45, 2.75) is 39.2 Å². The number of hydrogen-bond acceptors (Lipinski definition) is 3. The van der Waals surface area contributed by atoms with E-state index in [0.29, 0.717) is 12.3 Å². The summed E-state index contributed by atoms with van der Waals surface area (Å²) in [5.74, 6) is -1.02. The molecule has 1 aromatic rings. The van der Waals surface area contributed by atoms with Gasteiger partial charge in [0.2, 0.25) is 0 Å². The van der Waals surface area contributed by atoms with Crippen LogP contribution in [0.2, 0.25) is 0 Å². The number of nitrogens with one attached hydrogen (secondary N) is 2. The van der Waals surface area contributed by atoms with E-state index in [2.05, 4.69) is 17.6 Å². The van der Waals surface area contributed by atoms with E-state index in [1.807, 2.05) is 0 Å². The van der Waals surface area contributed by atoms with Crippen molar-refractivity contribution in [2.75, 3.05) is 6.61 Å². The lowest BCUT2D eigenvalue weighted by Crippen LogP contribution is -2.45. The van der Waals surface area contributed by atoms with Crippen LogP contribution in [-0.4, -0.2) is 18.6 Å². The monoisotopic (exact) mass is 320 g/mol. The molecule has 2 N–H and O–H groups in total. The number of carbonyl (C=O) groups is 2. The van der Waals surface area contributed by atoms with Gasteiger partial charge in [0, 0.05) is 11.3 Å². The quantitative estimate of drug-likeness (QED) is 0.625. The standard InChI is InChI=1S/C17H21FN2O3/c1-3-4-7-10-23-16(21)14-11(2)19-17(22)20-15(14)12-8-5-6-9-13(12)18/h5-6,8-9,15H,3-4,7,10H2,1-2H3,(H2,19,20,22)/t15-/m1/s1. The molecule has 2 rings (SSSR count). The van der Waals surface area contributed by atoms with E-state index in [-0.39, 0.29) is 11.1 Å². The highest BCUT2D eigenvalue weighted by molar-refractivity contribution is 5.95. The molecule has 124 valence electrons. The molecule has 0 saturated carbocycles.